The van der Waals surface area contributed by atoms with Gasteiger partial charge in [0.1, 0.15) is 0 Å². The molecule has 19 heavy (non-hydrogen) atoms. The first-order valence-electron chi connectivity index (χ1n) is 6.09. The minimum Gasteiger partial charge on any atom is -0.465 e. The van der Waals surface area contributed by atoms with Crippen molar-refractivity contribution in [3.63, 3.8) is 0 Å². The van der Waals surface area contributed by atoms with Gasteiger partial charge in [-0.15, -0.1) is 0 Å². The molecule has 3 atom stereocenters. The maximum absolute atomic E-state index is 8.78. The van der Waals surface area contributed by atoms with Gasteiger partial charge in [0.15, 0.2) is 0 Å². The Labute approximate surface area is 121 Å². The van der Waals surface area contributed by atoms with Crippen molar-refractivity contribution in [3.05, 3.63) is 33.3 Å². The van der Waals surface area contributed by atoms with E-state index in [0.717, 1.165) is 23.1 Å². The van der Waals surface area contributed by atoms with Gasteiger partial charge in [0, 0.05) is 22.5 Å². The van der Waals surface area contributed by atoms with Crippen LogP contribution in [0.4, 0.5) is 4.79 Å². The molecule has 1 aromatic carbocycles. The quantitative estimate of drug-likeness (QED) is 0.689. The van der Waals surface area contributed by atoms with Gasteiger partial charge >= 0.3 is 6.09 Å². The Bertz CT molecular complexity index is 504. The summed E-state index contributed by atoms with van der Waals surface area (Å²) >= 11 is 12.3. The van der Waals surface area contributed by atoms with Crippen molar-refractivity contribution in [1.82, 2.24) is 5.32 Å². The lowest BCUT2D eigenvalue weighted by Gasteiger charge is -2.12. The van der Waals surface area contributed by atoms with Crippen LogP contribution in [0, 0.1) is 5.92 Å². The van der Waals surface area contributed by atoms with Gasteiger partial charge in [-0.25, -0.2) is 4.79 Å². The second kappa shape index (κ2) is 5.57. The van der Waals surface area contributed by atoms with Crippen molar-refractivity contribution >= 4 is 29.3 Å². The third-order valence-electron chi connectivity index (χ3n) is 3.89. The molecule has 1 heterocycles. The minimum atomic E-state index is -1.33. The molecule has 4 nitrogen and oxygen atoms in total. The number of rotatable bonds is 0. The summed E-state index contributed by atoms with van der Waals surface area (Å²) in [4.78, 5) is 8.78. The van der Waals surface area contributed by atoms with Crippen LogP contribution < -0.4 is 11.1 Å². The molecule has 3 rings (SSSR count). The second-order valence-electron chi connectivity index (χ2n) is 4.95. The summed E-state index contributed by atoms with van der Waals surface area (Å²) in [6.07, 6.45) is -1.33. The largest absolute Gasteiger partial charge is 0.465 e. The molecule has 1 amide bonds. The van der Waals surface area contributed by atoms with Gasteiger partial charge in [0.2, 0.25) is 0 Å². The predicted molar refractivity (Wildman–Crippen MR) is 76.2 cm³/mol. The summed E-state index contributed by atoms with van der Waals surface area (Å²) in [5.41, 5.74) is 6.73. The first-order valence-corrected chi connectivity index (χ1v) is 6.85. The molecule has 4 N–H and O–H groups in total. The maximum Gasteiger partial charge on any atom is 0.402 e. The fourth-order valence-corrected chi connectivity index (χ4v) is 3.79. The maximum atomic E-state index is 8.78. The molecule has 3 unspecified atom stereocenters. The third kappa shape index (κ3) is 2.81. The van der Waals surface area contributed by atoms with E-state index in [2.05, 4.69) is 24.0 Å². The van der Waals surface area contributed by atoms with E-state index in [0.29, 0.717) is 17.8 Å². The highest BCUT2D eigenvalue weighted by Gasteiger charge is 2.42. The van der Waals surface area contributed by atoms with E-state index in [1.807, 2.05) is 6.07 Å². The minimum absolute atomic E-state index is 0.580. The standard InChI is InChI=1S/C12H13Cl2N.CH3NO2/c1-6-8-2-7(13)3-11(14)12(8)10-5-15-4-9(6)10;2-1(3)4/h2-3,6,9-10,15H,4-5H2,1H3;2H2,(H,3,4). The molecule has 0 aromatic heterocycles. The van der Waals surface area contributed by atoms with Gasteiger partial charge in [0.05, 0.1) is 0 Å². The molecule has 6 heteroatoms. The van der Waals surface area contributed by atoms with Gasteiger partial charge in [-0.2, -0.15) is 0 Å². The zero-order chi connectivity index (χ0) is 14.2. The molecule has 1 aliphatic heterocycles. The number of nitrogens with two attached hydrogens (primary N) is 1. The van der Waals surface area contributed by atoms with E-state index in [1.54, 1.807) is 0 Å². The predicted octanol–water partition coefficient (Wildman–Crippen LogP) is 3.04. The number of hydrogen-bond acceptors (Lipinski definition) is 2. The molecule has 1 aromatic rings. The molecule has 1 fully saturated rings. The monoisotopic (exact) mass is 302 g/mol. The van der Waals surface area contributed by atoms with E-state index >= 15 is 0 Å². The Morgan fingerprint density at radius 3 is 2.68 bits per heavy atom. The lowest BCUT2D eigenvalue weighted by molar-refractivity contribution is 0.205. The summed E-state index contributed by atoms with van der Waals surface area (Å²) in [5.74, 6) is 1.88. The molecule has 0 saturated carbocycles. The Morgan fingerprint density at radius 2 is 2.05 bits per heavy atom. The van der Waals surface area contributed by atoms with Crippen LogP contribution in [0.1, 0.15) is 29.9 Å². The SMILES string of the molecule is CC1c2cc(Cl)cc(Cl)c2C2CNCC12.NC(=O)O. The van der Waals surface area contributed by atoms with E-state index in [4.69, 9.17) is 33.1 Å². The number of halogens is 2. The molecule has 1 saturated heterocycles. The normalized spacial score (nSPS) is 27.2. The van der Waals surface area contributed by atoms with Crippen LogP contribution in [0.5, 0.6) is 0 Å². The number of amides is 1. The molecule has 0 bridgehead atoms. The van der Waals surface area contributed by atoms with Crippen LogP contribution >= 0.6 is 23.2 Å². The van der Waals surface area contributed by atoms with Crippen molar-refractivity contribution in [1.29, 1.82) is 0 Å². The Hall–Kier alpha value is -0.970. The van der Waals surface area contributed by atoms with Crippen molar-refractivity contribution in [3.8, 4) is 0 Å². The molecular weight excluding hydrogens is 287 g/mol. The first kappa shape index (κ1) is 14.4. The van der Waals surface area contributed by atoms with Crippen LogP contribution in [0.25, 0.3) is 0 Å². The van der Waals surface area contributed by atoms with Crippen molar-refractivity contribution in [2.24, 2.45) is 11.7 Å². The van der Waals surface area contributed by atoms with Gasteiger partial charge < -0.3 is 16.2 Å². The first-order chi connectivity index (χ1) is 8.91. The summed E-state index contributed by atoms with van der Waals surface area (Å²) in [6.45, 7) is 4.45. The Kier molecular flexibility index (Phi) is 4.23. The summed E-state index contributed by atoms with van der Waals surface area (Å²) < 4.78 is 0. The van der Waals surface area contributed by atoms with E-state index in [9.17, 15) is 0 Å². The Morgan fingerprint density at radius 1 is 1.42 bits per heavy atom. The van der Waals surface area contributed by atoms with Gasteiger partial charge in [0.25, 0.3) is 0 Å². The number of primary amides is 1. The van der Waals surface area contributed by atoms with Gasteiger partial charge in [-0.1, -0.05) is 30.1 Å². The molecule has 1 aliphatic carbocycles. The molecule has 0 spiro atoms. The topological polar surface area (TPSA) is 75.3 Å². The van der Waals surface area contributed by atoms with E-state index in [1.165, 1.54) is 11.1 Å². The summed E-state index contributed by atoms with van der Waals surface area (Å²) in [6, 6.07) is 3.96. The highest BCUT2D eigenvalue weighted by molar-refractivity contribution is 6.35. The smallest absolute Gasteiger partial charge is 0.402 e. The zero-order valence-electron chi connectivity index (χ0n) is 10.5. The van der Waals surface area contributed by atoms with Gasteiger partial charge in [-0.3, -0.25) is 0 Å². The average Bonchev–Trinajstić information content (AvgIpc) is 2.82. The summed E-state index contributed by atoms with van der Waals surface area (Å²) in [7, 11) is 0. The number of hydrogen-bond donors (Lipinski definition) is 3. The highest BCUT2D eigenvalue weighted by atomic mass is 35.5. The number of carboxylic acid groups (broad SMARTS) is 1. The van der Waals surface area contributed by atoms with Crippen LogP contribution in [-0.4, -0.2) is 24.3 Å². The molecule has 0 radical (unpaired) electrons. The fourth-order valence-electron chi connectivity index (χ4n) is 3.14. The summed E-state index contributed by atoms with van der Waals surface area (Å²) in [5, 5.41) is 12.3. The lowest BCUT2D eigenvalue weighted by Crippen LogP contribution is -2.12. The average molecular weight is 303 g/mol. The van der Waals surface area contributed by atoms with Crippen LogP contribution in [0.3, 0.4) is 0 Å². The number of carbonyl (C=O) groups is 1. The van der Waals surface area contributed by atoms with Crippen LogP contribution in [-0.2, 0) is 0 Å². The second-order valence-corrected chi connectivity index (χ2v) is 5.79. The molecule has 2 aliphatic rings. The van der Waals surface area contributed by atoms with Crippen molar-refractivity contribution < 1.29 is 9.90 Å². The van der Waals surface area contributed by atoms with E-state index < -0.39 is 6.09 Å². The lowest BCUT2D eigenvalue weighted by atomic mass is 9.91. The Balaban J connectivity index is 0.000000297. The third-order valence-corrected chi connectivity index (χ3v) is 4.42. The number of fused-ring (bicyclic) bond motifs is 3. The number of nitrogens with one attached hydrogen (secondary N) is 1. The van der Waals surface area contributed by atoms with Crippen LogP contribution in [0.2, 0.25) is 10.0 Å². The molecular formula is C13H16Cl2N2O2. The number of benzene rings is 1. The van der Waals surface area contributed by atoms with E-state index in [-0.39, 0.29) is 0 Å². The van der Waals surface area contributed by atoms with Crippen LogP contribution in [0.15, 0.2) is 12.1 Å². The van der Waals surface area contributed by atoms with Gasteiger partial charge in [-0.05, 0) is 41.6 Å². The van der Waals surface area contributed by atoms with Crippen molar-refractivity contribution in [2.45, 2.75) is 18.8 Å². The fraction of sp³-hybridized carbons (Fsp3) is 0.462. The highest BCUT2D eigenvalue weighted by Crippen LogP contribution is 2.51. The molecule has 104 valence electrons. The zero-order valence-corrected chi connectivity index (χ0v) is 12.0. The van der Waals surface area contributed by atoms with Crippen molar-refractivity contribution in [2.75, 3.05) is 13.1 Å².